The molecule has 0 bridgehead atoms. The Kier molecular flexibility index (Phi) is 7.03. The molecule has 0 spiro atoms. The molecule has 4 aromatic rings. The van der Waals surface area contributed by atoms with Crippen LogP contribution in [0.3, 0.4) is 0 Å². The van der Waals surface area contributed by atoms with E-state index in [4.69, 9.17) is 16.3 Å². The highest BCUT2D eigenvalue weighted by molar-refractivity contribution is 7.89. The molecule has 0 saturated carbocycles. The van der Waals surface area contributed by atoms with E-state index in [1.807, 2.05) is 19.1 Å². The summed E-state index contributed by atoms with van der Waals surface area (Å²) in [6.07, 6.45) is 0.635. The lowest BCUT2D eigenvalue weighted by molar-refractivity contribution is 0.384. The molecule has 1 aliphatic rings. The number of halogens is 1. The van der Waals surface area contributed by atoms with E-state index in [9.17, 15) is 18.0 Å². The zero-order valence-corrected chi connectivity index (χ0v) is 22.5. The molecule has 0 aliphatic carbocycles. The van der Waals surface area contributed by atoms with Crippen LogP contribution in [0.15, 0.2) is 56.9 Å². The number of nitrogens with zero attached hydrogens (tertiary/aromatic N) is 4. The summed E-state index contributed by atoms with van der Waals surface area (Å²) in [5, 5.41) is 0.502. The van der Waals surface area contributed by atoms with Crippen molar-refractivity contribution in [3.8, 4) is 17.1 Å². The topological polar surface area (TPSA) is 133 Å². The second kappa shape index (κ2) is 10.3. The number of piperazine rings is 1. The maximum absolute atomic E-state index is 13.3. The molecule has 1 saturated heterocycles. The van der Waals surface area contributed by atoms with E-state index in [1.54, 1.807) is 25.3 Å². The Labute approximate surface area is 223 Å². The lowest BCUT2D eigenvalue weighted by Gasteiger charge is -2.35. The third-order valence-electron chi connectivity index (χ3n) is 6.59. The maximum atomic E-state index is 13.3. The Morgan fingerprint density at radius 2 is 1.74 bits per heavy atom. The van der Waals surface area contributed by atoms with Crippen LogP contribution in [0.4, 0.5) is 5.69 Å². The van der Waals surface area contributed by atoms with Crippen LogP contribution >= 0.6 is 11.6 Å². The summed E-state index contributed by atoms with van der Waals surface area (Å²) in [5.41, 5.74) is 0.893. The van der Waals surface area contributed by atoms with Crippen molar-refractivity contribution in [1.29, 1.82) is 0 Å². The average Bonchev–Trinajstić information content (AvgIpc) is 3.35. The summed E-state index contributed by atoms with van der Waals surface area (Å²) < 4.78 is 34.4. The Balaban J connectivity index is 1.32. The molecule has 5 rings (SSSR count). The van der Waals surface area contributed by atoms with E-state index in [2.05, 4.69) is 19.9 Å². The summed E-state index contributed by atoms with van der Waals surface area (Å²) in [7, 11) is -2.15. The predicted octanol–water partition coefficient (Wildman–Crippen LogP) is 2.66. The van der Waals surface area contributed by atoms with E-state index in [0.29, 0.717) is 61.3 Å². The van der Waals surface area contributed by atoms with Gasteiger partial charge in [-0.15, -0.1) is 0 Å². The number of sulfonamides is 1. The van der Waals surface area contributed by atoms with Crippen molar-refractivity contribution >= 4 is 38.5 Å². The van der Waals surface area contributed by atoms with Crippen LogP contribution in [0.25, 0.3) is 22.6 Å². The van der Waals surface area contributed by atoms with Gasteiger partial charge in [-0.1, -0.05) is 18.5 Å². The number of imidazole rings is 1. The number of rotatable bonds is 7. The standard InChI is InChI=1S/C25H27ClN6O5S/c1-3-10-32-24(33)21-23(29-25(32)34)28-22(27-21)16-4-7-18(8-5-16)38(35,36)31-13-11-30(12-14-31)17-6-9-20(37-2)19(26)15-17/h4-9,15H,3,10-14H2,1-2H3,(H,27,28)(H,29,34). The molecule has 0 radical (unpaired) electrons. The van der Waals surface area contributed by atoms with Gasteiger partial charge in [0.15, 0.2) is 5.65 Å². The SMILES string of the molecule is CCCn1c(=O)[nH]c2nc(-c3ccc(S(=O)(=O)N4CCN(c5ccc(OC)c(Cl)c5)CC4)cc3)[nH]c2c1=O. The predicted molar refractivity (Wildman–Crippen MR) is 146 cm³/mol. The molecule has 2 aromatic heterocycles. The van der Waals surface area contributed by atoms with Gasteiger partial charge in [0, 0.05) is 44.0 Å². The summed E-state index contributed by atoms with van der Waals surface area (Å²) in [5.74, 6) is 0.947. The van der Waals surface area contributed by atoms with Crippen molar-refractivity contribution < 1.29 is 13.2 Å². The molecule has 0 atom stereocenters. The van der Waals surface area contributed by atoms with Crippen molar-refractivity contribution in [2.75, 3.05) is 38.2 Å². The van der Waals surface area contributed by atoms with Gasteiger partial charge in [-0.3, -0.25) is 14.3 Å². The van der Waals surface area contributed by atoms with Gasteiger partial charge in [0.1, 0.15) is 17.1 Å². The van der Waals surface area contributed by atoms with Crippen LogP contribution in [-0.4, -0.2) is 65.5 Å². The minimum absolute atomic E-state index is 0.162. The molecule has 0 unspecified atom stereocenters. The van der Waals surface area contributed by atoms with E-state index in [0.717, 1.165) is 10.3 Å². The monoisotopic (exact) mass is 558 g/mol. The fourth-order valence-corrected chi connectivity index (χ4v) is 6.22. The van der Waals surface area contributed by atoms with Gasteiger partial charge < -0.3 is 14.6 Å². The number of H-pyrrole nitrogens is 2. The number of aromatic amines is 2. The minimum atomic E-state index is -3.71. The molecule has 38 heavy (non-hydrogen) atoms. The van der Waals surface area contributed by atoms with Gasteiger partial charge in [-0.2, -0.15) is 4.31 Å². The number of ether oxygens (including phenoxy) is 1. The van der Waals surface area contributed by atoms with Crippen molar-refractivity contribution in [3.05, 3.63) is 68.3 Å². The number of nitrogens with one attached hydrogen (secondary N) is 2. The van der Waals surface area contributed by atoms with Gasteiger partial charge in [-0.05, 0) is 48.9 Å². The van der Waals surface area contributed by atoms with Crippen molar-refractivity contribution in [1.82, 2.24) is 23.8 Å². The minimum Gasteiger partial charge on any atom is -0.495 e. The second-order valence-electron chi connectivity index (χ2n) is 8.93. The fourth-order valence-electron chi connectivity index (χ4n) is 4.55. The van der Waals surface area contributed by atoms with Gasteiger partial charge in [0.25, 0.3) is 5.56 Å². The van der Waals surface area contributed by atoms with Crippen LogP contribution in [0, 0.1) is 0 Å². The largest absolute Gasteiger partial charge is 0.495 e. The summed E-state index contributed by atoms with van der Waals surface area (Å²) in [6.45, 7) is 3.87. The van der Waals surface area contributed by atoms with E-state index >= 15 is 0 Å². The molecule has 13 heteroatoms. The summed E-state index contributed by atoms with van der Waals surface area (Å²) in [6, 6.07) is 11.8. The van der Waals surface area contributed by atoms with Gasteiger partial charge in [-0.25, -0.2) is 18.2 Å². The number of hydrogen-bond donors (Lipinski definition) is 2. The molecule has 3 heterocycles. The third kappa shape index (κ3) is 4.70. The quantitative estimate of drug-likeness (QED) is 0.356. The zero-order valence-electron chi connectivity index (χ0n) is 20.9. The average molecular weight is 559 g/mol. The van der Waals surface area contributed by atoms with Gasteiger partial charge in [0.2, 0.25) is 10.0 Å². The van der Waals surface area contributed by atoms with E-state index in [1.165, 1.54) is 16.4 Å². The van der Waals surface area contributed by atoms with Gasteiger partial charge in [0.05, 0.1) is 17.0 Å². The lowest BCUT2D eigenvalue weighted by Crippen LogP contribution is -2.48. The molecule has 11 nitrogen and oxygen atoms in total. The molecule has 1 aliphatic heterocycles. The molecule has 1 fully saturated rings. The van der Waals surface area contributed by atoms with Crippen molar-refractivity contribution in [2.24, 2.45) is 0 Å². The Hall–Kier alpha value is -3.61. The number of benzene rings is 2. The third-order valence-corrected chi connectivity index (χ3v) is 8.79. The molecule has 200 valence electrons. The first-order valence-corrected chi connectivity index (χ1v) is 14.0. The van der Waals surface area contributed by atoms with Crippen molar-refractivity contribution in [3.63, 3.8) is 0 Å². The van der Waals surface area contributed by atoms with E-state index < -0.39 is 21.3 Å². The lowest BCUT2D eigenvalue weighted by atomic mass is 10.2. The highest BCUT2D eigenvalue weighted by Crippen LogP contribution is 2.30. The summed E-state index contributed by atoms with van der Waals surface area (Å²) in [4.78, 5) is 37.0. The van der Waals surface area contributed by atoms with Crippen LogP contribution in [-0.2, 0) is 16.6 Å². The van der Waals surface area contributed by atoms with Crippen LogP contribution in [0.1, 0.15) is 13.3 Å². The van der Waals surface area contributed by atoms with Crippen LogP contribution in [0.2, 0.25) is 5.02 Å². The normalized spacial score (nSPS) is 14.8. The fraction of sp³-hybridized carbons (Fsp3) is 0.320. The Morgan fingerprint density at radius 1 is 1.03 bits per heavy atom. The molecule has 0 amide bonds. The Morgan fingerprint density at radius 3 is 2.37 bits per heavy atom. The van der Waals surface area contributed by atoms with Gasteiger partial charge >= 0.3 is 5.69 Å². The number of fused-ring (bicyclic) bond motifs is 1. The smallest absolute Gasteiger partial charge is 0.330 e. The number of methoxy groups -OCH3 is 1. The Bertz CT molecular complexity index is 1700. The highest BCUT2D eigenvalue weighted by atomic mass is 35.5. The first-order chi connectivity index (χ1) is 18.2. The van der Waals surface area contributed by atoms with Crippen LogP contribution < -0.4 is 20.9 Å². The highest BCUT2D eigenvalue weighted by Gasteiger charge is 2.29. The van der Waals surface area contributed by atoms with Crippen LogP contribution in [0.5, 0.6) is 5.75 Å². The first kappa shape index (κ1) is 26.0. The van der Waals surface area contributed by atoms with E-state index in [-0.39, 0.29) is 16.1 Å². The zero-order chi connectivity index (χ0) is 27.0. The van der Waals surface area contributed by atoms with Crippen molar-refractivity contribution in [2.45, 2.75) is 24.8 Å². The maximum Gasteiger partial charge on any atom is 0.330 e. The number of anilines is 1. The molecule has 2 N–H and O–H groups in total. The second-order valence-corrected chi connectivity index (χ2v) is 11.3. The number of aromatic nitrogens is 4. The number of hydrogen-bond acceptors (Lipinski definition) is 7. The first-order valence-electron chi connectivity index (χ1n) is 12.1. The molecule has 2 aromatic carbocycles. The summed E-state index contributed by atoms with van der Waals surface area (Å²) >= 11 is 6.25. The molecular weight excluding hydrogens is 532 g/mol. The molecular formula is C25H27ClN6O5S.